The number of hydrogen-bond donors (Lipinski definition) is 1. The topological polar surface area (TPSA) is 62.1 Å². The van der Waals surface area contributed by atoms with Gasteiger partial charge in [-0.05, 0) is 25.0 Å². The van der Waals surface area contributed by atoms with Crippen molar-refractivity contribution in [2.45, 2.75) is 24.7 Å². The molecule has 2 aliphatic heterocycles. The van der Waals surface area contributed by atoms with Crippen molar-refractivity contribution in [1.82, 2.24) is 9.21 Å². The monoisotopic (exact) mass is 366 g/mol. The highest BCUT2D eigenvalue weighted by molar-refractivity contribution is 7.89. The number of piperazine rings is 1. The summed E-state index contributed by atoms with van der Waals surface area (Å²) >= 11 is 0. The number of amides is 1. The zero-order valence-electron chi connectivity index (χ0n) is 14.9. The van der Waals surface area contributed by atoms with E-state index in [1.165, 1.54) is 22.0 Å². The summed E-state index contributed by atoms with van der Waals surface area (Å²) in [5, 5.41) is 0. The Labute approximate surface area is 150 Å². The number of carbonyl (C=O) groups is 1. The summed E-state index contributed by atoms with van der Waals surface area (Å²) in [6, 6.07) is 8.50. The standard InChI is InChI=1S/C18H27N3O3S/c1-16-6-5-9-19(14-16)15-18(22)20-10-12-21(13-11-20)25(23,24)17-7-3-2-4-8-17/h2-4,7-8,16H,5-6,9-15H2,1H3/p+1/t16-/m0/s1. The number of rotatable bonds is 4. The first-order chi connectivity index (χ1) is 12.0. The SMILES string of the molecule is C[C@H]1CCC[NH+](CC(=O)N2CCN(S(=O)(=O)c3ccccc3)CC2)C1. The summed E-state index contributed by atoms with van der Waals surface area (Å²) in [6.07, 6.45) is 2.45. The molecule has 0 saturated carbocycles. The molecule has 7 heteroatoms. The Bertz CT molecular complexity index is 685. The second-order valence-electron chi connectivity index (χ2n) is 7.23. The summed E-state index contributed by atoms with van der Waals surface area (Å²) in [7, 11) is -3.46. The number of likely N-dealkylation sites (tertiary alicyclic amines) is 1. The molecule has 2 aliphatic rings. The van der Waals surface area contributed by atoms with E-state index in [-0.39, 0.29) is 5.91 Å². The zero-order chi connectivity index (χ0) is 17.9. The number of hydrogen-bond acceptors (Lipinski definition) is 3. The third-order valence-electron chi connectivity index (χ3n) is 5.24. The van der Waals surface area contributed by atoms with Gasteiger partial charge < -0.3 is 9.80 Å². The van der Waals surface area contributed by atoms with Crippen molar-refractivity contribution in [3.63, 3.8) is 0 Å². The molecule has 2 saturated heterocycles. The number of quaternary nitrogens is 1. The number of nitrogens with zero attached hydrogens (tertiary/aromatic N) is 2. The minimum atomic E-state index is -3.46. The molecule has 1 unspecified atom stereocenters. The highest BCUT2D eigenvalue weighted by Gasteiger charge is 2.31. The van der Waals surface area contributed by atoms with Gasteiger partial charge >= 0.3 is 0 Å². The van der Waals surface area contributed by atoms with E-state index in [0.29, 0.717) is 43.5 Å². The normalized spacial score (nSPS) is 25.7. The number of sulfonamides is 1. The molecule has 0 radical (unpaired) electrons. The van der Waals surface area contributed by atoms with Crippen LogP contribution in [0.4, 0.5) is 0 Å². The lowest BCUT2D eigenvalue weighted by Crippen LogP contribution is -3.14. The molecular formula is C18H28N3O3S+. The fourth-order valence-electron chi connectivity index (χ4n) is 3.80. The lowest BCUT2D eigenvalue weighted by molar-refractivity contribution is -0.900. The molecule has 3 rings (SSSR count). The van der Waals surface area contributed by atoms with Gasteiger partial charge in [0, 0.05) is 32.1 Å². The van der Waals surface area contributed by atoms with Crippen LogP contribution < -0.4 is 4.90 Å². The minimum absolute atomic E-state index is 0.154. The Balaban J connectivity index is 1.54. The predicted octanol–water partition coefficient (Wildman–Crippen LogP) is -0.166. The van der Waals surface area contributed by atoms with Crippen LogP contribution in [-0.2, 0) is 14.8 Å². The molecular weight excluding hydrogens is 338 g/mol. The van der Waals surface area contributed by atoms with E-state index in [2.05, 4.69) is 6.92 Å². The van der Waals surface area contributed by atoms with Gasteiger partial charge in [-0.15, -0.1) is 0 Å². The van der Waals surface area contributed by atoms with Crippen molar-refractivity contribution < 1.29 is 18.1 Å². The second-order valence-corrected chi connectivity index (χ2v) is 9.16. The maximum atomic E-state index is 12.6. The quantitative estimate of drug-likeness (QED) is 0.805. The van der Waals surface area contributed by atoms with Crippen molar-refractivity contribution in [3.05, 3.63) is 30.3 Å². The molecule has 2 heterocycles. The number of nitrogens with one attached hydrogen (secondary N) is 1. The Hall–Kier alpha value is -1.44. The van der Waals surface area contributed by atoms with Crippen molar-refractivity contribution in [2.75, 3.05) is 45.8 Å². The van der Waals surface area contributed by atoms with Crippen LogP contribution in [-0.4, -0.2) is 69.3 Å². The molecule has 6 nitrogen and oxygen atoms in total. The lowest BCUT2D eigenvalue weighted by Gasteiger charge is -2.35. The fourth-order valence-corrected chi connectivity index (χ4v) is 5.25. The Morgan fingerprint density at radius 1 is 1.16 bits per heavy atom. The molecule has 1 aromatic rings. The van der Waals surface area contributed by atoms with Crippen LogP contribution in [0.3, 0.4) is 0 Å². The van der Waals surface area contributed by atoms with E-state index in [1.54, 1.807) is 30.3 Å². The van der Waals surface area contributed by atoms with E-state index in [4.69, 9.17) is 0 Å². The molecule has 0 bridgehead atoms. The van der Waals surface area contributed by atoms with Crippen LogP contribution in [0.25, 0.3) is 0 Å². The van der Waals surface area contributed by atoms with Crippen LogP contribution >= 0.6 is 0 Å². The van der Waals surface area contributed by atoms with Gasteiger partial charge in [-0.25, -0.2) is 8.42 Å². The van der Waals surface area contributed by atoms with Crippen LogP contribution in [0, 0.1) is 5.92 Å². The largest absolute Gasteiger partial charge is 0.335 e. The van der Waals surface area contributed by atoms with Gasteiger partial charge in [-0.2, -0.15) is 4.31 Å². The predicted molar refractivity (Wildman–Crippen MR) is 95.7 cm³/mol. The average Bonchev–Trinajstić information content (AvgIpc) is 2.62. The summed E-state index contributed by atoms with van der Waals surface area (Å²) in [6.45, 7) is 6.62. The van der Waals surface area contributed by atoms with Crippen LogP contribution in [0.5, 0.6) is 0 Å². The summed E-state index contributed by atoms with van der Waals surface area (Å²) < 4.78 is 26.8. The van der Waals surface area contributed by atoms with E-state index in [0.717, 1.165) is 13.1 Å². The molecule has 1 amide bonds. The third-order valence-corrected chi connectivity index (χ3v) is 7.15. The molecule has 25 heavy (non-hydrogen) atoms. The van der Waals surface area contributed by atoms with Gasteiger partial charge in [0.25, 0.3) is 5.91 Å². The molecule has 138 valence electrons. The molecule has 0 spiro atoms. The minimum Gasteiger partial charge on any atom is -0.335 e. The first kappa shape index (κ1) is 18.4. The van der Waals surface area contributed by atoms with Crippen LogP contribution in [0.15, 0.2) is 35.2 Å². The molecule has 2 fully saturated rings. The summed E-state index contributed by atoms with van der Waals surface area (Å²) in [4.78, 5) is 16.0. The van der Waals surface area contributed by atoms with Gasteiger partial charge in [0.2, 0.25) is 10.0 Å². The fraction of sp³-hybridized carbons (Fsp3) is 0.611. The van der Waals surface area contributed by atoms with Gasteiger partial charge in [0.15, 0.2) is 6.54 Å². The van der Waals surface area contributed by atoms with E-state index in [1.807, 2.05) is 4.90 Å². The first-order valence-electron chi connectivity index (χ1n) is 9.13. The second kappa shape index (κ2) is 7.85. The smallest absolute Gasteiger partial charge is 0.277 e. The van der Waals surface area contributed by atoms with E-state index < -0.39 is 10.0 Å². The van der Waals surface area contributed by atoms with Crippen LogP contribution in [0.2, 0.25) is 0 Å². The molecule has 0 aliphatic carbocycles. The van der Waals surface area contributed by atoms with Crippen molar-refractivity contribution in [2.24, 2.45) is 5.92 Å². The number of carbonyl (C=O) groups excluding carboxylic acids is 1. The number of piperidine rings is 1. The van der Waals surface area contributed by atoms with E-state index in [9.17, 15) is 13.2 Å². The highest BCUT2D eigenvalue weighted by atomic mass is 32.2. The third kappa shape index (κ3) is 4.40. The van der Waals surface area contributed by atoms with Gasteiger partial charge in [0.05, 0.1) is 18.0 Å². The maximum absolute atomic E-state index is 12.6. The van der Waals surface area contributed by atoms with Gasteiger partial charge in [-0.3, -0.25) is 4.79 Å². The molecule has 1 N–H and O–H groups in total. The van der Waals surface area contributed by atoms with E-state index >= 15 is 0 Å². The molecule has 1 aromatic carbocycles. The summed E-state index contributed by atoms with van der Waals surface area (Å²) in [5.74, 6) is 0.838. The Morgan fingerprint density at radius 2 is 1.84 bits per heavy atom. The van der Waals surface area contributed by atoms with Crippen molar-refractivity contribution >= 4 is 15.9 Å². The van der Waals surface area contributed by atoms with Gasteiger partial charge in [-0.1, -0.05) is 25.1 Å². The zero-order valence-corrected chi connectivity index (χ0v) is 15.7. The highest BCUT2D eigenvalue weighted by Crippen LogP contribution is 2.17. The number of benzene rings is 1. The van der Waals surface area contributed by atoms with Gasteiger partial charge in [0.1, 0.15) is 0 Å². The first-order valence-corrected chi connectivity index (χ1v) is 10.6. The Morgan fingerprint density at radius 3 is 2.48 bits per heavy atom. The average molecular weight is 367 g/mol. The molecule has 2 atom stereocenters. The maximum Gasteiger partial charge on any atom is 0.277 e. The van der Waals surface area contributed by atoms with Crippen molar-refractivity contribution in [3.8, 4) is 0 Å². The summed E-state index contributed by atoms with van der Waals surface area (Å²) in [5.41, 5.74) is 0. The Kier molecular flexibility index (Phi) is 5.76. The lowest BCUT2D eigenvalue weighted by atomic mass is 10.0. The van der Waals surface area contributed by atoms with Crippen molar-refractivity contribution in [1.29, 1.82) is 0 Å². The molecule has 0 aromatic heterocycles. The van der Waals surface area contributed by atoms with Crippen LogP contribution in [0.1, 0.15) is 19.8 Å².